The summed E-state index contributed by atoms with van der Waals surface area (Å²) in [4.78, 5) is 35.2. The van der Waals surface area contributed by atoms with Gasteiger partial charge in [-0.1, -0.05) is 160 Å². The Balaban J connectivity index is 4.46. The van der Waals surface area contributed by atoms with Crippen LogP contribution in [0.2, 0.25) is 0 Å². The third-order valence-corrected chi connectivity index (χ3v) is 9.98. The minimum atomic E-state index is -4.38. The molecule has 0 heterocycles. The summed E-state index contributed by atoms with van der Waals surface area (Å²) in [6, 6.07) is 0. The molecule has 1 N–H and O–H groups in total. The minimum absolute atomic E-state index is 0.0244. The summed E-state index contributed by atoms with van der Waals surface area (Å²) in [5.74, 6) is -0.872. The van der Waals surface area contributed by atoms with Crippen molar-refractivity contribution in [2.45, 2.75) is 187 Å². The van der Waals surface area contributed by atoms with Gasteiger partial charge in [-0.25, -0.2) is 4.57 Å². The number of allylic oxidation sites excluding steroid dienone is 4. The van der Waals surface area contributed by atoms with Gasteiger partial charge in [0.15, 0.2) is 6.10 Å². The van der Waals surface area contributed by atoms with Crippen LogP contribution in [0, 0.1) is 0 Å². The quantitative estimate of drug-likeness (QED) is 0.0218. The lowest BCUT2D eigenvalue weighted by Crippen LogP contribution is -2.37. The van der Waals surface area contributed by atoms with Gasteiger partial charge in [0.25, 0.3) is 0 Å². The third-order valence-electron chi connectivity index (χ3n) is 9.00. The molecule has 0 aliphatic heterocycles. The number of nitrogens with zero attached hydrogens (tertiary/aromatic N) is 1. The first-order valence-electron chi connectivity index (χ1n) is 21.1. The molecule has 52 heavy (non-hydrogen) atoms. The smallest absolute Gasteiger partial charge is 0.462 e. The van der Waals surface area contributed by atoms with E-state index >= 15 is 0 Å². The molecule has 0 spiro atoms. The monoisotopic (exact) mass is 759 g/mol. The van der Waals surface area contributed by atoms with Crippen molar-refractivity contribution in [3.63, 3.8) is 0 Å². The number of hydrogen-bond acceptors (Lipinski definition) is 7. The van der Waals surface area contributed by atoms with Crippen molar-refractivity contribution in [2.24, 2.45) is 0 Å². The normalized spacial score (nSPS) is 13.9. The first-order valence-corrected chi connectivity index (χ1v) is 22.6. The molecule has 0 saturated carbocycles. The number of unbranched alkanes of at least 4 members (excludes halogenated alkanes) is 20. The Morgan fingerprint density at radius 2 is 1.08 bits per heavy atom. The fourth-order valence-corrected chi connectivity index (χ4v) is 6.40. The van der Waals surface area contributed by atoms with Crippen LogP contribution in [0.15, 0.2) is 24.3 Å². The number of ether oxygens (including phenoxy) is 2. The molecule has 0 aliphatic carbocycles. The molecule has 0 aliphatic rings. The molecule has 0 amide bonds. The minimum Gasteiger partial charge on any atom is -0.462 e. The largest absolute Gasteiger partial charge is 0.472 e. The van der Waals surface area contributed by atoms with Gasteiger partial charge in [-0.3, -0.25) is 18.6 Å². The van der Waals surface area contributed by atoms with Crippen molar-refractivity contribution in [3.8, 4) is 0 Å². The molecule has 10 heteroatoms. The second-order valence-electron chi connectivity index (χ2n) is 15.4. The zero-order valence-electron chi connectivity index (χ0n) is 34.3. The van der Waals surface area contributed by atoms with Crippen LogP contribution in [0.3, 0.4) is 0 Å². The van der Waals surface area contributed by atoms with E-state index in [0.717, 1.165) is 32.1 Å². The molecular weight excluding hydrogens is 677 g/mol. The van der Waals surface area contributed by atoms with Gasteiger partial charge >= 0.3 is 19.8 Å². The van der Waals surface area contributed by atoms with E-state index in [1.807, 2.05) is 33.3 Å². The molecular formula is C42H81NO8P+. The number of phosphoric acid groups is 1. The molecule has 0 aromatic rings. The molecule has 9 nitrogen and oxygen atoms in total. The third kappa shape index (κ3) is 38.2. The van der Waals surface area contributed by atoms with E-state index in [1.165, 1.54) is 116 Å². The van der Waals surface area contributed by atoms with Crippen LogP contribution in [-0.2, 0) is 32.7 Å². The second-order valence-corrected chi connectivity index (χ2v) is 16.8. The number of rotatable bonds is 38. The van der Waals surface area contributed by atoms with E-state index in [0.29, 0.717) is 17.4 Å². The highest BCUT2D eigenvalue weighted by atomic mass is 31.2. The maximum absolute atomic E-state index is 12.6. The number of quaternary nitrogens is 1. The van der Waals surface area contributed by atoms with Gasteiger partial charge in [-0.05, 0) is 32.1 Å². The van der Waals surface area contributed by atoms with E-state index < -0.39 is 26.5 Å². The van der Waals surface area contributed by atoms with Gasteiger partial charge in [0.05, 0.1) is 27.7 Å². The van der Waals surface area contributed by atoms with Crippen molar-refractivity contribution in [2.75, 3.05) is 47.5 Å². The van der Waals surface area contributed by atoms with Gasteiger partial charge in [0, 0.05) is 12.8 Å². The van der Waals surface area contributed by atoms with E-state index in [9.17, 15) is 19.0 Å². The van der Waals surface area contributed by atoms with Crippen LogP contribution < -0.4 is 0 Å². The van der Waals surface area contributed by atoms with Crippen LogP contribution >= 0.6 is 7.82 Å². The number of likely N-dealkylation sites (N-methyl/N-ethyl adjacent to an activating group) is 1. The van der Waals surface area contributed by atoms with Crippen LogP contribution in [0.25, 0.3) is 0 Å². The molecule has 0 rings (SSSR count). The molecule has 0 aromatic carbocycles. The summed E-state index contributed by atoms with van der Waals surface area (Å²) in [6.07, 6.45) is 36.7. The Morgan fingerprint density at radius 1 is 0.596 bits per heavy atom. The van der Waals surface area contributed by atoms with Gasteiger partial charge in [0.2, 0.25) is 0 Å². The molecule has 306 valence electrons. The SMILES string of the molecule is CCCCCCCCCC/C=C\C/C=C\CCC(=O)OC(COC(=O)CCCCCCCCCCCCCCC)COP(=O)(O)OCC[N+](C)(C)C. The Labute approximate surface area is 319 Å². The Hall–Kier alpha value is -1.51. The zero-order valence-corrected chi connectivity index (χ0v) is 35.2. The highest BCUT2D eigenvalue weighted by molar-refractivity contribution is 7.47. The van der Waals surface area contributed by atoms with Crippen molar-refractivity contribution >= 4 is 19.8 Å². The first kappa shape index (κ1) is 50.5. The van der Waals surface area contributed by atoms with Crippen LogP contribution in [0.5, 0.6) is 0 Å². The lowest BCUT2D eigenvalue weighted by atomic mass is 10.0. The Bertz CT molecular complexity index is 949. The molecule has 0 radical (unpaired) electrons. The highest BCUT2D eigenvalue weighted by Crippen LogP contribution is 2.43. The molecule has 0 fully saturated rings. The molecule has 0 aromatic heterocycles. The van der Waals surface area contributed by atoms with Gasteiger partial charge < -0.3 is 18.9 Å². The Kier molecular flexibility index (Phi) is 34.2. The summed E-state index contributed by atoms with van der Waals surface area (Å²) in [5.41, 5.74) is 0. The second kappa shape index (κ2) is 35.2. The van der Waals surface area contributed by atoms with E-state index in [1.54, 1.807) is 0 Å². The average Bonchev–Trinajstić information content (AvgIpc) is 3.09. The topological polar surface area (TPSA) is 108 Å². The molecule has 2 atom stereocenters. The lowest BCUT2D eigenvalue weighted by Gasteiger charge is -2.24. The van der Waals surface area contributed by atoms with Gasteiger partial charge in [-0.2, -0.15) is 0 Å². The highest BCUT2D eigenvalue weighted by Gasteiger charge is 2.27. The van der Waals surface area contributed by atoms with E-state index in [4.69, 9.17) is 18.5 Å². The first-order chi connectivity index (χ1) is 25.0. The number of esters is 2. The van der Waals surface area contributed by atoms with Crippen molar-refractivity contribution in [1.29, 1.82) is 0 Å². The summed E-state index contributed by atoms with van der Waals surface area (Å²) in [5, 5.41) is 0. The number of hydrogen-bond donors (Lipinski definition) is 1. The average molecular weight is 759 g/mol. The number of phosphoric ester groups is 1. The van der Waals surface area contributed by atoms with E-state index in [2.05, 4.69) is 26.0 Å². The van der Waals surface area contributed by atoms with Crippen molar-refractivity contribution in [3.05, 3.63) is 24.3 Å². The van der Waals surface area contributed by atoms with Gasteiger partial charge in [-0.15, -0.1) is 0 Å². The maximum atomic E-state index is 12.6. The summed E-state index contributed by atoms with van der Waals surface area (Å²) < 4.78 is 34.2. The predicted octanol–water partition coefficient (Wildman–Crippen LogP) is 11.6. The van der Waals surface area contributed by atoms with E-state index in [-0.39, 0.29) is 32.0 Å². The zero-order chi connectivity index (χ0) is 38.6. The van der Waals surface area contributed by atoms with Gasteiger partial charge in [0.1, 0.15) is 19.8 Å². The van der Waals surface area contributed by atoms with Crippen LogP contribution in [-0.4, -0.2) is 74.9 Å². The molecule has 0 saturated heterocycles. The van der Waals surface area contributed by atoms with Crippen molar-refractivity contribution < 1.29 is 42.1 Å². The van der Waals surface area contributed by atoms with Crippen LogP contribution in [0.1, 0.15) is 181 Å². The van der Waals surface area contributed by atoms with Crippen LogP contribution in [0.4, 0.5) is 0 Å². The van der Waals surface area contributed by atoms with Crippen molar-refractivity contribution in [1.82, 2.24) is 0 Å². The lowest BCUT2D eigenvalue weighted by molar-refractivity contribution is -0.870. The maximum Gasteiger partial charge on any atom is 0.472 e. The molecule has 2 unspecified atom stereocenters. The summed E-state index contributed by atoms with van der Waals surface area (Å²) in [6.45, 7) is 4.36. The number of carbonyl (C=O) groups is 2. The Morgan fingerprint density at radius 3 is 1.60 bits per heavy atom. The summed E-state index contributed by atoms with van der Waals surface area (Å²) >= 11 is 0. The standard InChI is InChI=1S/C42H80NO8P/c1-6-8-10-12-14-16-18-20-21-23-25-27-29-31-33-35-42(45)51-40(39-50-52(46,47)49-37-36-43(3,4)5)38-48-41(44)34-32-30-28-26-24-22-19-17-15-13-11-9-7-2/h23,25,29,31,40H,6-22,24,26-28,30,32-39H2,1-5H3/p+1/b25-23-,31-29-. The molecule has 0 bridgehead atoms. The fraction of sp³-hybridized carbons (Fsp3) is 0.857. The fourth-order valence-electron chi connectivity index (χ4n) is 5.65. The number of carbonyl (C=O) groups excluding carboxylic acids is 2. The predicted molar refractivity (Wildman–Crippen MR) is 215 cm³/mol. The summed E-state index contributed by atoms with van der Waals surface area (Å²) in [7, 11) is 1.45.